The second kappa shape index (κ2) is 9.44. The maximum atomic E-state index is 12.7. The summed E-state index contributed by atoms with van der Waals surface area (Å²) in [6.07, 6.45) is 1.25. The van der Waals surface area contributed by atoms with Crippen molar-refractivity contribution in [3.05, 3.63) is 34.6 Å². The number of aromatic nitrogens is 1. The number of piperidine rings is 1. The molecule has 146 valence electrons. The Hall–Kier alpha value is -2.50. The minimum absolute atomic E-state index is 0.110. The molecule has 1 aromatic heterocycles. The highest BCUT2D eigenvalue weighted by Gasteiger charge is 2.34. The van der Waals surface area contributed by atoms with Crippen molar-refractivity contribution in [2.45, 2.75) is 32.4 Å². The molecule has 8 nitrogen and oxygen atoms in total. The fraction of sp³-hybridized carbons (Fsp3) is 0.500. The summed E-state index contributed by atoms with van der Waals surface area (Å²) in [5.41, 5.74) is 0.782. The summed E-state index contributed by atoms with van der Waals surface area (Å²) in [4.78, 5) is 29.0. The number of nitrogens with one attached hydrogen (secondary N) is 2. The van der Waals surface area contributed by atoms with Gasteiger partial charge in [-0.2, -0.15) is 5.26 Å². The molecule has 0 radical (unpaired) electrons. The Morgan fingerprint density at radius 1 is 1.56 bits per heavy atom. The van der Waals surface area contributed by atoms with Gasteiger partial charge in [-0.25, -0.2) is 4.79 Å². The average molecular weight is 395 g/mol. The summed E-state index contributed by atoms with van der Waals surface area (Å²) < 4.78 is 10.8. The fourth-order valence-electron chi connectivity index (χ4n) is 2.94. The van der Waals surface area contributed by atoms with Crippen LogP contribution in [0.1, 0.15) is 35.1 Å². The zero-order chi connectivity index (χ0) is 20.0. The number of hydrogen-bond donors (Lipinski definition) is 2. The molecule has 1 saturated heterocycles. The first-order chi connectivity index (χ1) is 12.9. The van der Waals surface area contributed by atoms with Gasteiger partial charge in [0.05, 0.1) is 36.9 Å². The molecule has 9 heteroatoms. The van der Waals surface area contributed by atoms with E-state index < -0.39 is 18.1 Å². The summed E-state index contributed by atoms with van der Waals surface area (Å²) >= 11 is 6.05. The summed E-state index contributed by atoms with van der Waals surface area (Å²) in [7, 11) is 0. The molecule has 2 rings (SSSR count). The van der Waals surface area contributed by atoms with Crippen molar-refractivity contribution in [3.8, 4) is 6.07 Å². The second-order valence-electron chi connectivity index (χ2n) is 6.10. The molecule has 0 bridgehead atoms. The lowest BCUT2D eigenvalue weighted by Gasteiger charge is -2.37. The zero-order valence-electron chi connectivity index (χ0n) is 15.4. The number of aromatic amines is 1. The Kier molecular flexibility index (Phi) is 7.28. The van der Waals surface area contributed by atoms with Crippen LogP contribution in [0.5, 0.6) is 0 Å². The highest BCUT2D eigenvalue weighted by Crippen LogP contribution is 2.24. The van der Waals surface area contributed by atoms with Crippen LogP contribution in [0.25, 0.3) is 0 Å². The Bertz CT molecular complexity index is 755. The number of amides is 2. The van der Waals surface area contributed by atoms with E-state index in [0.29, 0.717) is 18.7 Å². The van der Waals surface area contributed by atoms with Gasteiger partial charge in [-0.1, -0.05) is 17.7 Å². The lowest BCUT2D eigenvalue weighted by atomic mass is 10.0. The minimum Gasteiger partial charge on any atom is -0.450 e. The molecule has 0 spiro atoms. The van der Waals surface area contributed by atoms with Crippen LogP contribution < -0.4 is 5.32 Å². The molecular formula is C18H23ClN4O4. The minimum atomic E-state index is -0.441. The predicted octanol–water partition coefficient (Wildman–Crippen LogP) is 2.38. The monoisotopic (exact) mass is 394 g/mol. The third-order valence-electron chi connectivity index (χ3n) is 4.28. The van der Waals surface area contributed by atoms with Gasteiger partial charge in [-0.05, 0) is 20.3 Å². The Morgan fingerprint density at radius 3 is 2.93 bits per heavy atom. The molecule has 0 aromatic carbocycles. The highest BCUT2D eigenvalue weighted by molar-refractivity contribution is 6.33. The van der Waals surface area contributed by atoms with Gasteiger partial charge in [-0.3, -0.25) is 4.79 Å². The molecule has 2 atom stereocenters. The van der Waals surface area contributed by atoms with Gasteiger partial charge in [-0.15, -0.1) is 6.58 Å². The summed E-state index contributed by atoms with van der Waals surface area (Å²) in [6, 6.07) is 1.61. The van der Waals surface area contributed by atoms with Gasteiger partial charge in [0.15, 0.2) is 0 Å². The zero-order valence-corrected chi connectivity index (χ0v) is 16.1. The summed E-state index contributed by atoms with van der Waals surface area (Å²) in [5.74, 6) is -0.441. The topological polar surface area (TPSA) is 107 Å². The molecule has 2 amide bonds. The van der Waals surface area contributed by atoms with E-state index >= 15 is 0 Å². The number of carbonyl (C=O) groups excluding carboxylic acids is 2. The second-order valence-corrected chi connectivity index (χ2v) is 6.48. The number of halogens is 1. The molecule has 1 fully saturated rings. The molecule has 2 heterocycles. The van der Waals surface area contributed by atoms with E-state index in [9.17, 15) is 14.9 Å². The fourth-order valence-corrected chi connectivity index (χ4v) is 3.12. The van der Waals surface area contributed by atoms with E-state index in [1.165, 1.54) is 0 Å². The van der Waals surface area contributed by atoms with Crippen molar-refractivity contribution in [3.63, 3.8) is 0 Å². The Labute approximate surface area is 163 Å². The number of likely N-dealkylation sites (tertiary alicyclic amines) is 1. The molecule has 2 unspecified atom stereocenters. The van der Waals surface area contributed by atoms with Gasteiger partial charge < -0.3 is 24.7 Å². The Balaban J connectivity index is 2.12. The standard InChI is InChI=1S/C18H23ClN4O4/c1-4-8-27-14-10-23(18(25)26-5-2)7-6-13(14)22-17(24)16-12(9-20)15(19)11(3)21-16/h4,13-14,21H,1,5-8,10H2,2-3H3,(H,22,24). The number of carbonyl (C=O) groups is 2. The van der Waals surface area contributed by atoms with E-state index in [1.54, 1.807) is 24.8 Å². The van der Waals surface area contributed by atoms with Crippen molar-refractivity contribution in [1.82, 2.24) is 15.2 Å². The van der Waals surface area contributed by atoms with Crippen LogP contribution in [0.2, 0.25) is 5.02 Å². The Morgan fingerprint density at radius 2 is 2.30 bits per heavy atom. The quantitative estimate of drug-likeness (QED) is 0.720. The number of hydrogen-bond acceptors (Lipinski definition) is 5. The van der Waals surface area contributed by atoms with Crippen molar-refractivity contribution < 1.29 is 19.1 Å². The smallest absolute Gasteiger partial charge is 0.409 e. The van der Waals surface area contributed by atoms with Crippen LogP contribution in [0, 0.1) is 18.3 Å². The van der Waals surface area contributed by atoms with Gasteiger partial charge in [0.2, 0.25) is 0 Å². The van der Waals surface area contributed by atoms with Crippen molar-refractivity contribution in [2.75, 3.05) is 26.3 Å². The van der Waals surface area contributed by atoms with Crippen LogP contribution in [0.4, 0.5) is 4.79 Å². The molecule has 0 aliphatic carbocycles. The third kappa shape index (κ3) is 4.81. The van der Waals surface area contributed by atoms with Crippen LogP contribution in [0.15, 0.2) is 12.7 Å². The van der Waals surface area contributed by atoms with E-state index in [4.69, 9.17) is 21.1 Å². The number of nitriles is 1. The predicted molar refractivity (Wildman–Crippen MR) is 99.7 cm³/mol. The van der Waals surface area contributed by atoms with Gasteiger partial charge in [0, 0.05) is 12.2 Å². The van der Waals surface area contributed by atoms with Crippen LogP contribution in [0.3, 0.4) is 0 Å². The van der Waals surface area contributed by atoms with Gasteiger partial charge >= 0.3 is 6.09 Å². The third-order valence-corrected chi connectivity index (χ3v) is 4.75. The lowest BCUT2D eigenvalue weighted by molar-refractivity contribution is -0.00919. The van der Waals surface area contributed by atoms with Crippen LogP contribution >= 0.6 is 11.6 Å². The van der Waals surface area contributed by atoms with Gasteiger partial charge in [0.25, 0.3) is 5.91 Å². The van der Waals surface area contributed by atoms with E-state index in [1.807, 2.05) is 6.07 Å². The summed E-state index contributed by atoms with van der Waals surface area (Å²) in [5, 5.41) is 12.4. The van der Waals surface area contributed by atoms with E-state index in [2.05, 4.69) is 16.9 Å². The number of ether oxygens (including phenoxy) is 2. The first kappa shape index (κ1) is 20.8. The highest BCUT2D eigenvalue weighted by atomic mass is 35.5. The molecule has 1 aliphatic heterocycles. The van der Waals surface area contributed by atoms with Crippen LogP contribution in [-0.4, -0.2) is 60.3 Å². The molecular weight excluding hydrogens is 372 g/mol. The first-order valence-electron chi connectivity index (χ1n) is 8.66. The number of rotatable bonds is 6. The molecule has 2 N–H and O–H groups in total. The van der Waals surface area contributed by atoms with Crippen LogP contribution in [-0.2, 0) is 9.47 Å². The molecule has 0 saturated carbocycles. The molecule has 27 heavy (non-hydrogen) atoms. The normalized spacial score (nSPS) is 19.3. The number of H-pyrrole nitrogens is 1. The SMILES string of the molecule is C=CCOC1CN(C(=O)OCC)CCC1NC(=O)c1[nH]c(C)c(Cl)c1C#N. The number of nitrogens with zero attached hydrogens (tertiary/aromatic N) is 2. The van der Waals surface area contributed by atoms with Crippen molar-refractivity contribution >= 4 is 23.6 Å². The van der Waals surface area contributed by atoms with Crippen molar-refractivity contribution in [1.29, 1.82) is 5.26 Å². The average Bonchev–Trinajstić information content (AvgIpc) is 2.95. The van der Waals surface area contributed by atoms with E-state index in [0.717, 1.165) is 0 Å². The van der Waals surface area contributed by atoms with Gasteiger partial charge in [0.1, 0.15) is 17.3 Å². The molecule has 1 aromatic rings. The van der Waals surface area contributed by atoms with Crippen molar-refractivity contribution in [2.24, 2.45) is 0 Å². The van der Waals surface area contributed by atoms with E-state index in [-0.39, 0.29) is 42.1 Å². The maximum Gasteiger partial charge on any atom is 0.409 e. The lowest BCUT2D eigenvalue weighted by Crippen LogP contribution is -2.56. The largest absolute Gasteiger partial charge is 0.450 e. The summed E-state index contributed by atoms with van der Waals surface area (Å²) in [6.45, 7) is 8.34. The number of aryl methyl sites for hydroxylation is 1. The molecule has 1 aliphatic rings. The maximum absolute atomic E-state index is 12.7. The first-order valence-corrected chi connectivity index (χ1v) is 9.03.